The van der Waals surface area contributed by atoms with Gasteiger partial charge in [0, 0.05) is 44.2 Å². The molecule has 1 saturated heterocycles. The van der Waals surface area contributed by atoms with Crippen LogP contribution in [0.2, 0.25) is 0 Å². The Kier molecular flexibility index (Phi) is 8.12. The highest BCUT2D eigenvalue weighted by Crippen LogP contribution is 2.35. The van der Waals surface area contributed by atoms with Crippen LogP contribution in [0, 0.1) is 10.1 Å². The number of esters is 1. The van der Waals surface area contributed by atoms with E-state index in [0.29, 0.717) is 67.3 Å². The fourth-order valence-corrected chi connectivity index (χ4v) is 4.24. The molecule has 1 N–H and O–H groups in total. The first-order valence-corrected chi connectivity index (χ1v) is 12.7. The fourth-order valence-electron chi connectivity index (χ4n) is 4.24. The highest BCUT2D eigenvalue weighted by Gasteiger charge is 2.29. The Morgan fingerprint density at radius 2 is 1.77 bits per heavy atom. The number of carbonyl (C=O) groups excluding carboxylic acids is 2. The summed E-state index contributed by atoms with van der Waals surface area (Å²) in [5, 5.41) is 15.8. The smallest absolute Gasteiger partial charge is 0.410 e. The van der Waals surface area contributed by atoms with Crippen molar-refractivity contribution in [2.45, 2.75) is 39.8 Å². The van der Waals surface area contributed by atoms with Gasteiger partial charge in [0.1, 0.15) is 23.4 Å². The molecule has 3 aromatic rings. The summed E-state index contributed by atoms with van der Waals surface area (Å²) in [6.45, 7) is 9.49. The van der Waals surface area contributed by atoms with Crippen LogP contribution in [0.25, 0.3) is 10.9 Å². The first-order valence-electron chi connectivity index (χ1n) is 12.7. The van der Waals surface area contributed by atoms with E-state index in [1.165, 1.54) is 12.4 Å². The van der Waals surface area contributed by atoms with E-state index in [9.17, 15) is 19.7 Å². The molecule has 4 rings (SSSR count). The summed E-state index contributed by atoms with van der Waals surface area (Å²) in [6.07, 6.45) is 1.01. The Bertz CT molecular complexity index is 1360. The molecule has 0 aliphatic carbocycles. The van der Waals surface area contributed by atoms with E-state index in [4.69, 9.17) is 9.47 Å². The number of carbonyl (C=O) groups is 2. The van der Waals surface area contributed by atoms with E-state index in [2.05, 4.69) is 15.3 Å². The highest BCUT2D eigenvalue weighted by molar-refractivity contribution is 5.95. The van der Waals surface area contributed by atoms with Gasteiger partial charge in [-0.1, -0.05) is 12.1 Å². The number of hydrogen-bond donors (Lipinski definition) is 1. The van der Waals surface area contributed by atoms with E-state index < -0.39 is 16.6 Å². The number of benzene rings is 2. The fraction of sp³-hybridized carbons (Fsp3) is 0.407. The third kappa shape index (κ3) is 6.70. The van der Waals surface area contributed by atoms with Crippen molar-refractivity contribution in [1.82, 2.24) is 14.9 Å². The lowest BCUT2D eigenvalue weighted by Gasteiger charge is -2.36. The number of fused-ring (bicyclic) bond motifs is 1. The molecule has 1 amide bonds. The third-order valence-electron chi connectivity index (χ3n) is 6.13. The summed E-state index contributed by atoms with van der Waals surface area (Å²) < 4.78 is 10.5. The van der Waals surface area contributed by atoms with Crippen molar-refractivity contribution in [3.8, 4) is 0 Å². The van der Waals surface area contributed by atoms with E-state index in [1.54, 1.807) is 42.2 Å². The molecule has 206 valence electrons. The maximum atomic E-state index is 12.4. The van der Waals surface area contributed by atoms with E-state index >= 15 is 0 Å². The molecule has 0 saturated carbocycles. The molecule has 0 atom stereocenters. The van der Waals surface area contributed by atoms with Crippen LogP contribution in [0.5, 0.6) is 0 Å². The van der Waals surface area contributed by atoms with Gasteiger partial charge in [-0.3, -0.25) is 10.1 Å². The second kappa shape index (κ2) is 11.5. The molecule has 0 spiro atoms. The maximum Gasteiger partial charge on any atom is 0.410 e. The molecule has 1 aromatic heterocycles. The number of nitrogens with zero attached hydrogens (tertiary/aromatic N) is 5. The minimum absolute atomic E-state index is 0.0649. The van der Waals surface area contributed by atoms with E-state index in [0.717, 1.165) is 5.56 Å². The molecular formula is C27H32N6O6. The second-order valence-corrected chi connectivity index (χ2v) is 10.1. The minimum atomic E-state index is -0.594. The van der Waals surface area contributed by atoms with Crippen LogP contribution in [0.4, 0.5) is 22.0 Å². The number of rotatable bonds is 7. The van der Waals surface area contributed by atoms with Crippen LogP contribution < -0.4 is 10.2 Å². The largest absolute Gasteiger partial charge is 0.462 e. The summed E-state index contributed by atoms with van der Waals surface area (Å²) in [4.78, 5) is 48.1. The quantitative estimate of drug-likeness (QED) is 0.263. The predicted molar refractivity (Wildman–Crippen MR) is 146 cm³/mol. The van der Waals surface area contributed by atoms with Crippen molar-refractivity contribution in [3.05, 3.63) is 64.0 Å². The van der Waals surface area contributed by atoms with E-state index in [-0.39, 0.29) is 11.7 Å². The standard InChI is InChI=1S/C27H32N6O6/c1-5-38-25(34)19-8-6-18(7-9-19)16-28-24-20-14-23(33(36)37)22(15-21(20)29-17-30-24)31-10-12-32(13-11-31)26(35)39-27(2,3)4/h6-9,14-15,17H,5,10-13,16H2,1-4H3,(H,28,29,30). The molecule has 12 nitrogen and oxygen atoms in total. The molecule has 0 bridgehead atoms. The van der Waals surface area contributed by atoms with Crippen LogP contribution in [-0.4, -0.2) is 70.2 Å². The number of nitro groups is 1. The number of aromatic nitrogens is 2. The summed E-state index contributed by atoms with van der Waals surface area (Å²) in [7, 11) is 0. The topological polar surface area (TPSA) is 140 Å². The number of nitro benzene ring substituents is 1. The second-order valence-electron chi connectivity index (χ2n) is 10.1. The molecule has 1 aliphatic heterocycles. The van der Waals surface area contributed by atoms with Gasteiger partial charge in [-0.2, -0.15) is 0 Å². The summed E-state index contributed by atoms with van der Waals surface area (Å²) in [5.74, 6) is 0.0760. The zero-order chi connectivity index (χ0) is 28.2. The van der Waals surface area contributed by atoms with Gasteiger partial charge in [0.15, 0.2) is 0 Å². The molecule has 2 aromatic carbocycles. The average molecular weight is 537 g/mol. The lowest BCUT2D eigenvalue weighted by molar-refractivity contribution is -0.384. The van der Waals surface area contributed by atoms with Gasteiger partial charge < -0.3 is 24.6 Å². The van der Waals surface area contributed by atoms with Gasteiger partial charge >= 0.3 is 12.1 Å². The van der Waals surface area contributed by atoms with E-state index in [1.807, 2.05) is 25.7 Å². The van der Waals surface area contributed by atoms with Gasteiger partial charge in [-0.25, -0.2) is 19.6 Å². The molecule has 12 heteroatoms. The maximum absolute atomic E-state index is 12.4. The molecule has 2 heterocycles. The average Bonchev–Trinajstić information content (AvgIpc) is 2.90. The Balaban J connectivity index is 1.51. The first kappa shape index (κ1) is 27.6. The normalized spacial score (nSPS) is 13.7. The molecule has 0 radical (unpaired) electrons. The Labute approximate surface area is 226 Å². The van der Waals surface area contributed by atoms with Crippen LogP contribution in [0.15, 0.2) is 42.7 Å². The van der Waals surface area contributed by atoms with Gasteiger partial charge in [0.05, 0.1) is 22.6 Å². The number of amides is 1. The zero-order valence-corrected chi connectivity index (χ0v) is 22.5. The minimum Gasteiger partial charge on any atom is -0.462 e. The summed E-state index contributed by atoms with van der Waals surface area (Å²) >= 11 is 0. The van der Waals surface area contributed by atoms with Crippen molar-refractivity contribution in [2.24, 2.45) is 0 Å². The van der Waals surface area contributed by atoms with Crippen LogP contribution >= 0.6 is 0 Å². The number of anilines is 2. The van der Waals surface area contributed by atoms with Crippen molar-refractivity contribution in [1.29, 1.82) is 0 Å². The first-order chi connectivity index (χ1) is 18.6. The number of nitrogens with one attached hydrogen (secondary N) is 1. The lowest BCUT2D eigenvalue weighted by atomic mass is 10.1. The van der Waals surface area contributed by atoms with Gasteiger partial charge in [0.2, 0.25) is 0 Å². The number of hydrogen-bond acceptors (Lipinski definition) is 10. The lowest BCUT2D eigenvalue weighted by Crippen LogP contribution is -2.50. The molecule has 0 unspecified atom stereocenters. The Hall–Kier alpha value is -4.48. The molecule has 39 heavy (non-hydrogen) atoms. The summed E-state index contributed by atoms with van der Waals surface area (Å²) in [5.41, 5.74) is 1.69. The molecule has 1 fully saturated rings. The Morgan fingerprint density at radius 1 is 1.08 bits per heavy atom. The SMILES string of the molecule is CCOC(=O)c1ccc(CNc2ncnc3cc(N4CCN(C(=O)OC(C)(C)C)CC4)c([N+](=O)[O-])cc23)cc1. The molecule has 1 aliphatic rings. The zero-order valence-electron chi connectivity index (χ0n) is 22.5. The number of piperazine rings is 1. The van der Waals surface area contributed by atoms with Gasteiger partial charge in [-0.15, -0.1) is 0 Å². The highest BCUT2D eigenvalue weighted by atomic mass is 16.6. The van der Waals surface area contributed by atoms with Gasteiger partial charge in [-0.05, 0) is 51.5 Å². The monoisotopic (exact) mass is 536 g/mol. The number of ether oxygens (including phenoxy) is 2. The van der Waals surface area contributed by atoms with Crippen LogP contribution in [0.1, 0.15) is 43.6 Å². The molecular weight excluding hydrogens is 504 g/mol. The summed E-state index contributed by atoms with van der Waals surface area (Å²) in [6, 6.07) is 10.2. The van der Waals surface area contributed by atoms with Crippen molar-refractivity contribution in [3.63, 3.8) is 0 Å². The van der Waals surface area contributed by atoms with Crippen molar-refractivity contribution < 1.29 is 24.0 Å². The van der Waals surface area contributed by atoms with Gasteiger partial charge in [0.25, 0.3) is 5.69 Å². The van der Waals surface area contributed by atoms with Crippen LogP contribution in [-0.2, 0) is 16.0 Å². The van der Waals surface area contributed by atoms with Crippen LogP contribution in [0.3, 0.4) is 0 Å². The van der Waals surface area contributed by atoms with Crippen molar-refractivity contribution in [2.75, 3.05) is 43.0 Å². The Morgan fingerprint density at radius 3 is 2.38 bits per heavy atom. The van der Waals surface area contributed by atoms with Crippen molar-refractivity contribution >= 4 is 40.2 Å². The predicted octanol–water partition coefficient (Wildman–Crippen LogP) is 4.38. The third-order valence-corrected chi connectivity index (χ3v) is 6.13.